The van der Waals surface area contributed by atoms with Crippen LogP contribution in [0.2, 0.25) is 0 Å². The average molecular weight is 384 g/mol. The Morgan fingerprint density at radius 2 is 1.79 bits per heavy atom. The summed E-state index contributed by atoms with van der Waals surface area (Å²) in [7, 11) is 2.09. The van der Waals surface area contributed by atoms with Crippen LogP contribution in [-0.4, -0.2) is 7.05 Å². The fourth-order valence-electron chi connectivity index (χ4n) is 2.06. The molecule has 0 atom stereocenters. The third kappa shape index (κ3) is 3.59. The lowest BCUT2D eigenvalue weighted by Gasteiger charge is -2.23. The summed E-state index contributed by atoms with van der Waals surface area (Å²) in [6.07, 6.45) is 0. The number of anilines is 1. The van der Waals surface area contributed by atoms with E-state index < -0.39 is 0 Å². The van der Waals surface area contributed by atoms with Gasteiger partial charge in [-0.25, -0.2) is 0 Å². The zero-order chi connectivity index (χ0) is 13.8. The molecule has 2 N–H and O–H groups in total. The number of nitrogens with two attached hydrogens (primary N) is 1. The van der Waals surface area contributed by atoms with Gasteiger partial charge in [0.25, 0.3) is 0 Å². The predicted octanol–water partition coefficient (Wildman–Crippen LogP) is 4.31. The lowest BCUT2D eigenvalue weighted by Crippen LogP contribution is -2.19. The van der Waals surface area contributed by atoms with Gasteiger partial charge < -0.3 is 10.6 Å². The standard InChI is InChI=1S/C15H16Br2N2/c1-19(10-11-4-2-3-5-14(11)17)15-7-6-13(16)8-12(15)9-18/h2-8H,9-10,18H2,1H3. The van der Waals surface area contributed by atoms with Crippen LogP contribution in [0.3, 0.4) is 0 Å². The smallest absolute Gasteiger partial charge is 0.0437 e. The minimum Gasteiger partial charge on any atom is -0.370 e. The Morgan fingerprint density at radius 3 is 2.47 bits per heavy atom. The van der Waals surface area contributed by atoms with E-state index in [9.17, 15) is 0 Å². The molecule has 0 radical (unpaired) electrons. The van der Waals surface area contributed by atoms with Crippen LogP contribution in [-0.2, 0) is 13.1 Å². The normalized spacial score (nSPS) is 10.5. The molecular weight excluding hydrogens is 368 g/mol. The van der Waals surface area contributed by atoms with E-state index in [-0.39, 0.29) is 0 Å². The molecular formula is C15H16Br2N2. The first-order chi connectivity index (χ1) is 9.11. The van der Waals surface area contributed by atoms with Crippen LogP contribution in [0.15, 0.2) is 51.4 Å². The Labute approximate surface area is 130 Å². The van der Waals surface area contributed by atoms with E-state index in [0.29, 0.717) is 6.54 Å². The summed E-state index contributed by atoms with van der Waals surface area (Å²) < 4.78 is 2.19. The molecule has 0 aliphatic heterocycles. The minimum absolute atomic E-state index is 0.537. The number of hydrogen-bond donors (Lipinski definition) is 1. The summed E-state index contributed by atoms with van der Waals surface area (Å²) in [4.78, 5) is 2.22. The fourth-order valence-corrected chi connectivity index (χ4v) is 2.88. The Kier molecular flexibility index (Phi) is 5.02. The van der Waals surface area contributed by atoms with Gasteiger partial charge in [0, 0.05) is 34.8 Å². The van der Waals surface area contributed by atoms with Gasteiger partial charge in [-0.2, -0.15) is 0 Å². The molecule has 0 fully saturated rings. The monoisotopic (exact) mass is 382 g/mol. The van der Waals surface area contributed by atoms with Crippen LogP contribution in [0.25, 0.3) is 0 Å². The van der Waals surface area contributed by atoms with Crippen molar-refractivity contribution in [1.82, 2.24) is 0 Å². The van der Waals surface area contributed by atoms with E-state index in [2.05, 4.69) is 74.1 Å². The van der Waals surface area contributed by atoms with E-state index in [0.717, 1.165) is 21.1 Å². The van der Waals surface area contributed by atoms with Crippen LogP contribution in [0.1, 0.15) is 11.1 Å². The van der Waals surface area contributed by atoms with Gasteiger partial charge in [-0.15, -0.1) is 0 Å². The predicted molar refractivity (Wildman–Crippen MR) is 88.3 cm³/mol. The quantitative estimate of drug-likeness (QED) is 0.852. The second-order valence-electron chi connectivity index (χ2n) is 4.42. The third-order valence-electron chi connectivity index (χ3n) is 3.04. The first kappa shape index (κ1) is 14.6. The highest BCUT2D eigenvalue weighted by atomic mass is 79.9. The highest BCUT2D eigenvalue weighted by Gasteiger charge is 2.09. The molecule has 2 aromatic carbocycles. The fraction of sp³-hybridized carbons (Fsp3) is 0.200. The molecule has 0 aliphatic carbocycles. The van der Waals surface area contributed by atoms with Gasteiger partial charge >= 0.3 is 0 Å². The lowest BCUT2D eigenvalue weighted by atomic mass is 10.1. The van der Waals surface area contributed by atoms with Crippen molar-refractivity contribution in [3.05, 3.63) is 62.5 Å². The molecule has 2 rings (SSSR count). The summed E-state index contributed by atoms with van der Waals surface area (Å²) in [6, 6.07) is 14.5. The second-order valence-corrected chi connectivity index (χ2v) is 6.19. The maximum atomic E-state index is 5.82. The van der Waals surface area contributed by atoms with E-state index in [1.165, 1.54) is 11.3 Å². The van der Waals surface area contributed by atoms with Gasteiger partial charge in [-0.3, -0.25) is 0 Å². The molecule has 0 saturated carbocycles. The van der Waals surface area contributed by atoms with Gasteiger partial charge in [0.15, 0.2) is 0 Å². The molecule has 0 amide bonds. The third-order valence-corrected chi connectivity index (χ3v) is 4.30. The molecule has 0 spiro atoms. The van der Waals surface area contributed by atoms with E-state index in [4.69, 9.17) is 5.73 Å². The van der Waals surface area contributed by atoms with Crippen LogP contribution in [0.4, 0.5) is 5.69 Å². The molecule has 2 aromatic rings. The Morgan fingerprint density at radius 1 is 1.05 bits per heavy atom. The maximum Gasteiger partial charge on any atom is 0.0437 e. The molecule has 0 heterocycles. The molecule has 100 valence electrons. The van der Waals surface area contributed by atoms with Crippen molar-refractivity contribution in [2.45, 2.75) is 13.1 Å². The van der Waals surface area contributed by atoms with Gasteiger partial charge in [-0.1, -0.05) is 50.1 Å². The number of halogens is 2. The Balaban J connectivity index is 2.25. The van der Waals surface area contributed by atoms with E-state index in [1.54, 1.807) is 0 Å². The van der Waals surface area contributed by atoms with E-state index >= 15 is 0 Å². The SMILES string of the molecule is CN(Cc1ccccc1Br)c1ccc(Br)cc1CN. The van der Waals surface area contributed by atoms with Gasteiger partial charge in [-0.05, 0) is 35.4 Å². The van der Waals surface area contributed by atoms with Crippen LogP contribution < -0.4 is 10.6 Å². The largest absolute Gasteiger partial charge is 0.370 e. The molecule has 19 heavy (non-hydrogen) atoms. The van der Waals surface area contributed by atoms with E-state index in [1.807, 2.05) is 12.1 Å². The molecule has 0 saturated heterocycles. The highest BCUT2D eigenvalue weighted by molar-refractivity contribution is 9.10. The molecule has 4 heteroatoms. The molecule has 0 aliphatic rings. The van der Waals surface area contributed by atoms with Crippen LogP contribution in [0.5, 0.6) is 0 Å². The Hall–Kier alpha value is -0.840. The number of nitrogens with zero attached hydrogens (tertiary/aromatic N) is 1. The molecule has 0 bridgehead atoms. The van der Waals surface area contributed by atoms with Crippen LogP contribution >= 0.6 is 31.9 Å². The van der Waals surface area contributed by atoms with Crippen molar-refractivity contribution >= 4 is 37.5 Å². The average Bonchev–Trinajstić information content (AvgIpc) is 2.41. The number of hydrogen-bond acceptors (Lipinski definition) is 2. The summed E-state index contributed by atoms with van der Waals surface area (Å²) in [5.41, 5.74) is 9.39. The van der Waals surface area contributed by atoms with Crippen molar-refractivity contribution in [2.24, 2.45) is 5.73 Å². The minimum atomic E-state index is 0.537. The second kappa shape index (κ2) is 6.55. The topological polar surface area (TPSA) is 29.3 Å². The zero-order valence-corrected chi connectivity index (χ0v) is 13.9. The van der Waals surface area contributed by atoms with Crippen molar-refractivity contribution in [1.29, 1.82) is 0 Å². The first-order valence-electron chi connectivity index (χ1n) is 6.05. The summed E-state index contributed by atoms with van der Waals surface area (Å²) in [5, 5.41) is 0. The van der Waals surface area contributed by atoms with Crippen molar-refractivity contribution in [3.63, 3.8) is 0 Å². The molecule has 2 nitrogen and oxygen atoms in total. The van der Waals surface area contributed by atoms with Crippen molar-refractivity contribution < 1.29 is 0 Å². The molecule has 0 unspecified atom stereocenters. The van der Waals surface area contributed by atoms with Crippen molar-refractivity contribution in [2.75, 3.05) is 11.9 Å². The maximum absolute atomic E-state index is 5.82. The first-order valence-corrected chi connectivity index (χ1v) is 7.63. The summed E-state index contributed by atoms with van der Waals surface area (Å²) in [5.74, 6) is 0. The Bertz CT molecular complexity index is 570. The summed E-state index contributed by atoms with van der Waals surface area (Å²) in [6.45, 7) is 1.38. The highest BCUT2D eigenvalue weighted by Crippen LogP contribution is 2.26. The van der Waals surface area contributed by atoms with Gasteiger partial charge in [0.2, 0.25) is 0 Å². The van der Waals surface area contributed by atoms with Crippen molar-refractivity contribution in [3.8, 4) is 0 Å². The summed E-state index contributed by atoms with van der Waals surface area (Å²) >= 11 is 7.07. The zero-order valence-electron chi connectivity index (χ0n) is 10.7. The number of rotatable bonds is 4. The molecule has 0 aromatic heterocycles. The van der Waals surface area contributed by atoms with Gasteiger partial charge in [0.1, 0.15) is 0 Å². The van der Waals surface area contributed by atoms with Crippen LogP contribution in [0, 0.1) is 0 Å². The van der Waals surface area contributed by atoms with Gasteiger partial charge in [0.05, 0.1) is 0 Å². The lowest BCUT2D eigenvalue weighted by molar-refractivity contribution is 0.899. The number of benzene rings is 2.